The highest BCUT2D eigenvalue weighted by molar-refractivity contribution is 5.63. The second kappa shape index (κ2) is 11.9. The number of para-hydroxylation sites is 1. The first-order valence-electron chi connectivity index (χ1n) is 5.55. The molecule has 0 radical (unpaired) electrons. The van der Waals surface area contributed by atoms with Crippen molar-refractivity contribution in [2.75, 3.05) is 7.11 Å². The summed E-state index contributed by atoms with van der Waals surface area (Å²) in [4.78, 5) is 18.0. The number of hydrogen-bond acceptors (Lipinski definition) is 5. The van der Waals surface area contributed by atoms with Gasteiger partial charge in [-0.2, -0.15) is 0 Å². The molecule has 0 aromatic heterocycles. The van der Waals surface area contributed by atoms with Crippen molar-refractivity contribution in [1.29, 1.82) is 0 Å². The van der Waals surface area contributed by atoms with E-state index in [1.165, 1.54) is 7.11 Å². The van der Waals surface area contributed by atoms with Crippen molar-refractivity contribution in [3.8, 4) is 5.75 Å². The monoisotopic (exact) mass is 288 g/mol. The molecule has 1 rings (SSSR count). The molecule has 0 saturated heterocycles. The van der Waals surface area contributed by atoms with Crippen molar-refractivity contribution in [2.24, 2.45) is 0 Å². The van der Waals surface area contributed by atoms with Crippen molar-refractivity contribution < 1.29 is 34.8 Å². The summed E-state index contributed by atoms with van der Waals surface area (Å²) >= 11 is 0. The zero-order valence-electron chi connectivity index (χ0n) is 11.7. The minimum Gasteiger partial charge on any atom is -0.496 e. The summed E-state index contributed by atoms with van der Waals surface area (Å²) in [5.74, 6) is -1.09. The number of aliphatic hydroxyl groups excluding tert-OH is 2. The van der Waals surface area contributed by atoms with Gasteiger partial charge in [-0.3, -0.25) is 9.59 Å². The molecule has 114 valence electrons. The summed E-state index contributed by atoms with van der Waals surface area (Å²) in [5.41, 5.74) is 1.40. The van der Waals surface area contributed by atoms with Gasteiger partial charge in [-0.05, 0) is 0 Å². The molecule has 0 bridgehead atoms. The highest BCUT2D eigenvalue weighted by Gasteiger charge is 2.05. The number of rotatable bonds is 3. The Hall–Kier alpha value is -2.12. The third-order valence-electron chi connectivity index (χ3n) is 1.72. The number of carbonyl (C=O) groups is 2. The summed E-state index contributed by atoms with van der Waals surface area (Å²) in [6.07, 6.45) is 0. The van der Waals surface area contributed by atoms with E-state index in [0.29, 0.717) is 16.9 Å². The Labute approximate surface area is 117 Å². The summed E-state index contributed by atoms with van der Waals surface area (Å²) in [7, 11) is 1.52. The van der Waals surface area contributed by atoms with Crippen LogP contribution in [-0.4, -0.2) is 39.5 Å². The van der Waals surface area contributed by atoms with Gasteiger partial charge in [0.1, 0.15) is 5.75 Å². The average molecular weight is 288 g/mol. The van der Waals surface area contributed by atoms with Crippen LogP contribution in [0, 0.1) is 0 Å². The first kappa shape index (κ1) is 20.2. The van der Waals surface area contributed by atoms with Gasteiger partial charge in [-0.25, -0.2) is 0 Å². The first-order valence-corrected chi connectivity index (χ1v) is 5.55. The van der Waals surface area contributed by atoms with E-state index in [1.807, 2.05) is 0 Å². The fraction of sp³-hybridized carbons (Fsp3) is 0.385. The van der Waals surface area contributed by atoms with E-state index in [4.69, 9.17) is 34.8 Å². The van der Waals surface area contributed by atoms with E-state index in [2.05, 4.69) is 0 Å². The van der Waals surface area contributed by atoms with Crippen molar-refractivity contribution >= 4 is 11.9 Å². The first-order chi connectivity index (χ1) is 9.29. The van der Waals surface area contributed by atoms with Gasteiger partial charge in [-0.15, -0.1) is 0 Å². The van der Waals surface area contributed by atoms with E-state index in [-0.39, 0.29) is 13.2 Å². The van der Waals surface area contributed by atoms with Gasteiger partial charge >= 0.3 is 0 Å². The zero-order chi connectivity index (χ0) is 16.1. The van der Waals surface area contributed by atoms with Crippen molar-refractivity contribution in [3.05, 3.63) is 29.3 Å². The quantitative estimate of drug-likeness (QED) is 0.650. The maximum Gasteiger partial charge on any atom is 0.300 e. The van der Waals surface area contributed by atoms with E-state index in [1.54, 1.807) is 18.2 Å². The number of hydrogen-bond donors (Lipinski definition) is 4. The molecule has 0 spiro atoms. The van der Waals surface area contributed by atoms with Crippen molar-refractivity contribution in [1.82, 2.24) is 0 Å². The molecular weight excluding hydrogens is 268 g/mol. The number of ether oxygens (including phenoxy) is 1. The normalized spacial score (nSPS) is 8.45. The lowest BCUT2D eigenvalue weighted by Gasteiger charge is -2.09. The fourth-order valence-electron chi connectivity index (χ4n) is 1.15. The lowest BCUT2D eigenvalue weighted by atomic mass is 10.1. The van der Waals surface area contributed by atoms with Gasteiger partial charge in [0, 0.05) is 25.0 Å². The summed E-state index contributed by atoms with van der Waals surface area (Å²) in [5, 5.41) is 32.6. The van der Waals surface area contributed by atoms with Crippen LogP contribution in [0.1, 0.15) is 25.0 Å². The Bertz CT molecular complexity index is 373. The predicted octanol–water partition coefficient (Wildman–Crippen LogP) is 0.862. The Morgan fingerprint density at radius 3 is 1.50 bits per heavy atom. The smallest absolute Gasteiger partial charge is 0.300 e. The summed E-state index contributed by atoms with van der Waals surface area (Å²) < 4.78 is 5.04. The second-order valence-electron chi connectivity index (χ2n) is 3.46. The summed E-state index contributed by atoms with van der Waals surface area (Å²) in [6, 6.07) is 5.30. The number of methoxy groups -OCH3 is 1. The standard InChI is InChI=1S/C9H12O3.2C2H4O2/c1-12-9-7(5-10)3-2-4-8(9)6-11;2*1-2(3)4/h2-4,10-11H,5-6H2,1H3;2*1H3,(H,3,4). The molecule has 0 unspecified atom stereocenters. The van der Waals surface area contributed by atoms with Crippen LogP contribution in [0.5, 0.6) is 5.75 Å². The molecular formula is C13H20O7. The molecule has 0 amide bonds. The molecule has 1 aromatic carbocycles. The Kier molecular flexibility index (Phi) is 12.1. The number of carboxylic acids is 2. The van der Waals surface area contributed by atoms with Crippen LogP contribution in [-0.2, 0) is 22.8 Å². The molecule has 0 heterocycles. The van der Waals surface area contributed by atoms with Gasteiger partial charge in [0.05, 0.1) is 20.3 Å². The molecule has 7 heteroatoms. The largest absolute Gasteiger partial charge is 0.496 e. The van der Waals surface area contributed by atoms with Gasteiger partial charge in [0.2, 0.25) is 0 Å². The van der Waals surface area contributed by atoms with E-state index in [0.717, 1.165) is 13.8 Å². The van der Waals surface area contributed by atoms with E-state index < -0.39 is 11.9 Å². The van der Waals surface area contributed by atoms with Crippen LogP contribution in [0.15, 0.2) is 18.2 Å². The van der Waals surface area contributed by atoms with Crippen LogP contribution in [0.2, 0.25) is 0 Å². The molecule has 0 fully saturated rings. The van der Waals surface area contributed by atoms with Crippen LogP contribution in [0.3, 0.4) is 0 Å². The highest BCUT2D eigenvalue weighted by atomic mass is 16.5. The topological polar surface area (TPSA) is 124 Å². The third kappa shape index (κ3) is 11.0. The Balaban J connectivity index is 0. The Morgan fingerprint density at radius 2 is 1.30 bits per heavy atom. The molecule has 0 aliphatic heterocycles. The molecule has 20 heavy (non-hydrogen) atoms. The predicted molar refractivity (Wildman–Crippen MR) is 71.5 cm³/mol. The average Bonchev–Trinajstić information content (AvgIpc) is 2.36. The molecule has 0 aliphatic rings. The van der Waals surface area contributed by atoms with Crippen molar-refractivity contribution in [2.45, 2.75) is 27.1 Å². The van der Waals surface area contributed by atoms with Crippen molar-refractivity contribution in [3.63, 3.8) is 0 Å². The van der Waals surface area contributed by atoms with Gasteiger partial charge in [0.15, 0.2) is 0 Å². The van der Waals surface area contributed by atoms with E-state index in [9.17, 15) is 0 Å². The molecule has 4 N–H and O–H groups in total. The minimum absolute atomic E-state index is 0.0724. The maximum atomic E-state index is 9.00. The Morgan fingerprint density at radius 1 is 1.00 bits per heavy atom. The molecule has 0 saturated carbocycles. The number of benzene rings is 1. The fourth-order valence-corrected chi connectivity index (χ4v) is 1.15. The van der Waals surface area contributed by atoms with Crippen LogP contribution in [0.25, 0.3) is 0 Å². The lowest BCUT2D eigenvalue weighted by molar-refractivity contribution is -0.135. The molecule has 0 aliphatic carbocycles. The van der Waals surface area contributed by atoms with Crippen LogP contribution >= 0.6 is 0 Å². The molecule has 7 nitrogen and oxygen atoms in total. The second-order valence-corrected chi connectivity index (χ2v) is 3.46. The zero-order valence-corrected chi connectivity index (χ0v) is 11.7. The molecule has 0 atom stereocenters. The lowest BCUT2D eigenvalue weighted by Crippen LogP contribution is -1.96. The van der Waals surface area contributed by atoms with Gasteiger partial charge in [0.25, 0.3) is 11.9 Å². The number of carboxylic acid groups (broad SMARTS) is 2. The highest BCUT2D eigenvalue weighted by Crippen LogP contribution is 2.23. The van der Waals surface area contributed by atoms with Crippen LogP contribution < -0.4 is 4.74 Å². The maximum absolute atomic E-state index is 9.00. The van der Waals surface area contributed by atoms with Gasteiger partial charge in [-0.1, -0.05) is 18.2 Å². The number of aliphatic carboxylic acids is 2. The minimum atomic E-state index is -0.833. The third-order valence-corrected chi connectivity index (χ3v) is 1.72. The van der Waals surface area contributed by atoms with Gasteiger partial charge < -0.3 is 25.2 Å². The SMILES string of the molecule is CC(=O)O.CC(=O)O.COc1c(CO)cccc1CO. The number of aliphatic hydroxyl groups is 2. The van der Waals surface area contributed by atoms with Crippen LogP contribution in [0.4, 0.5) is 0 Å². The summed E-state index contributed by atoms with van der Waals surface area (Å²) in [6.45, 7) is 2.02. The molecule has 1 aromatic rings. The van der Waals surface area contributed by atoms with E-state index >= 15 is 0 Å².